The molecular weight excluding hydrogens is 494 g/mol. The molecule has 0 radical (unpaired) electrons. The van der Waals surface area contributed by atoms with Crippen molar-refractivity contribution < 1.29 is 14.0 Å². The van der Waals surface area contributed by atoms with Crippen LogP contribution in [0, 0.1) is 0 Å². The van der Waals surface area contributed by atoms with Gasteiger partial charge in [-0.15, -0.1) is 11.3 Å². The van der Waals surface area contributed by atoms with Gasteiger partial charge in [0.1, 0.15) is 10.5 Å². The highest BCUT2D eigenvalue weighted by molar-refractivity contribution is 7.21. The van der Waals surface area contributed by atoms with Crippen LogP contribution >= 0.6 is 22.9 Å². The van der Waals surface area contributed by atoms with E-state index in [0.717, 1.165) is 39.8 Å². The molecule has 2 amide bonds. The lowest BCUT2D eigenvalue weighted by Gasteiger charge is -2.35. The number of benzene rings is 3. The molecule has 0 spiro atoms. The van der Waals surface area contributed by atoms with E-state index in [0.29, 0.717) is 34.4 Å². The third-order valence-electron chi connectivity index (χ3n) is 6.43. The van der Waals surface area contributed by atoms with E-state index in [-0.39, 0.29) is 11.8 Å². The van der Waals surface area contributed by atoms with Gasteiger partial charge in [-0.25, -0.2) is 0 Å². The van der Waals surface area contributed by atoms with Gasteiger partial charge in [-0.3, -0.25) is 9.59 Å². The SMILES string of the molecule is O=C(Nc1ccc(N2CCN(C(=O)c3cc4ccccc4o3)CC2)cc1)c1sc2ccccc2c1Cl. The molecule has 6 rings (SSSR count). The number of hydrogen-bond acceptors (Lipinski definition) is 5. The average Bonchev–Trinajstić information content (AvgIpc) is 3.50. The van der Waals surface area contributed by atoms with Crippen molar-refractivity contribution in [3.63, 3.8) is 0 Å². The van der Waals surface area contributed by atoms with Crippen LogP contribution in [0.1, 0.15) is 20.2 Å². The maximum Gasteiger partial charge on any atom is 0.289 e. The van der Waals surface area contributed by atoms with Crippen LogP contribution in [0.4, 0.5) is 11.4 Å². The Balaban J connectivity index is 1.08. The summed E-state index contributed by atoms with van der Waals surface area (Å²) in [5.74, 6) is 0.0824. The number of nitrogens with one attached hydrogen (secondary N) is 1. The minimum absolute atomic E-state index is 0.0798. The maximum atomic E-state index is 12.9. The molecule has 0 unspecified atom stereocenters. The van der Waals surface area contributed by atoms with Gasteiger partial charge in [0.15, 0.2) is 5.76 Å². The molecule has 3 heterocycles. The number of anilines is 2. The fourth-order valence-electron chi connectivity index (χ4n) is 4.51. The Bertz CT molecular complexity index is 1550. The third kappa shape index (κ3) is 4.21. The normalized spacial score (nSPS) is 13.9. The zero-order chi connectivity index (χ0) is 24.6. The van der Waals surface area contributed by atoms with E-state index in [1.165, 1.54) is 11.3 Å². The lowest BCUT2D eigenvalue weighted by atomic mass is 10.2. The molecule has 0 atom stereocenters. The highest BCUT2D eigenvalue weighted by atomic mass is 35.5. The van der Waals surface area contributed by atoms with Crippen molar-refractivity contribution in [2.24, 2.45) is 0 Å². The number of furan rings is 1. The van der Waals surface area contributed by atoms with Crippen LogP contribution in [-0.4, -0.2) is 42.9 Å². The summed E-state index contributed by atoms with van der Waals surface area (Å²) in [5.41, 5.74) is 2.47. The number of rotatable bonds is 4. The molecule has 1 aliphatic heterocycles. The largest absolute Gasteiger partial charge is 0.451 e. The first-order chi connectivity index (χ1) is 17.6. The highest BCUT2D eigenvalue weighted by Gasteiger charge is 2.25. The van der Waals surface area contributed by atoms with Crippen LogP contribution in [0.15, 0.2) is 83.3 Å². The summed E-state index contributed by atoms with van der Waals surface area (Å²) < 4.78 is 6.74. The highest BCUT2D eigenvalue weighted by Crippen LogP contribution is 2.35. The smallest absolute Gasteiger partial charge is 0.289 e. The molecule has 0 saturated carbocycles. The lowest BCUT2D eigenvalue weighted by Crippen LogP contribution is -2.48. The minimum atomic E-state index is -0.216. The maximum absolute atomic E-state index is 12.9. The minimum Gasteiger partial charge on any atom is -0.451 e. The van der Waals surface area contributed by atoms with Gasteiger partial charge in [0.05, 0.1) is 5.02 Å². The van der Waals surface area contributed by atoms with Crippen molar-refractivity contribution >= 4 is 67.2 Å². The van der Waals surface area contributed by atoms with E-state index >= 15 is 0 Å². The van der Waals surface area contributed by atoms with Crippen molar-refractivity contribution in [3.8, 4) is 0 Å². The van der Waals surface area contributed by atoms with Crippen LogP contribution < -0.4 is 10.2 Å². The number of hydrogen-bond donors (Lipinski definition) is 1. The molecule has 8 heteroatoms. The zero-order valence-electron chi connectivity index (χ0n) is 19.2. The van der Waals surface area contributed by atoms with Crippen LogP contribution in [0.25, 0.3) is 21.1 Å². The molecule has 5 aromatic rings. The number of nitrogens with zero attached hydrogens (tertiary/aromatic N) is 2. The number of piperazine rings is 1. The van der Waals surface area contributed by atoms with Gasteiger partial charge < -0.3 is 19.5 Å². The van der Waals surface area contributed by atoms with E-state index in [1.807, 2.05) is 83.8 Å². The first-order valence-corrected chi connectivity index (χ1v) is 12.9. The van der Waals surface area contributed by atoms with Crippen LogP contribution in [0.5, 0.6) is 0 Å². The zero-order valence-corrected chi connectivity index (χ0v) is 20.8. The molecule has 1 N–H and O–H groups in total. The van der Waals surface area contributed by atoms with Gasteiger partial charge in [-0.2, -0.15) is 0 Å². The quantitative estimate of drug-likeness (QED) is 0.296. The fourth-order valence-corrected chi connectivity index (χ4v) is 5.93. The summed E-state index contributed by atoms with van der Waals surface area (Å²) in [4.78, 5) is 30.3. The number of para-hydroxylation sites is 1. The van der Waals surface area contributed by atoms with E-state index in [4.69, 9.17) is 16.0 Å². The van der Waals surface area contributed by atoms with E-state index in [1.54, 1.807) is 0 Å². The molecule has 0 bridgehead atoms. The molecule has 36 heavy (non-hydrogen) atoms. The van der Waals surface area contributed by atoms with Crippen LogP contribution in [-0.2, 0) is 0 Å². The number of halogens is 1. The Morgan fingerprint density at radius 3 is 2.36 bits per heavy atom. The monoisotopic (exact) mass is 515 g/mol. The molecule has 1 saturated heterocycles. The Labute approximate surface area is 216 Å². The van der Waals surface area contributed by atoms with Crippen molar-refractivity contribution in [3.05, 3.63) is 94.5 Å². The van der Waals surface area contributed by atoms with E-state index < -0.39 is 0 Å². The molecule has 1 aliphatic rings. The first kappa shape index (κ1) is 22.6. The fraction of sp³-hybridized carbons (Fsp3) is 0.143. The predicted molar refractivity (Wildman–Crippen MR) is 146 cm³/mol. The second-order valence-corrected chi connectivity index (χ2v) is 10.1. The summed E-state index contributed by atoms with van der Waals surface area (Å²) in [6, 6.07) is 24.9. The predicted octanol–water partition coefficient (Wildman–Crippen LogP) is 6.52. The Morgan fingerprint density at radius 2 is 1.61 bits per heavy atom. The average molecular weight is 516 g/mol. The second kappa shape index (κ2) is 9.33. The summed E-state index contributed by atoms with van der Waals surface area (Å²) >= 11 is 7.84. The first-order valence-electron chi connectivity index (χ1n) is 11.7. The van der Waals surface area contributed by atoms with Gasteiger partial charge in [0, 0.05) is 53.0 Å². The summed E-state index contributed by atoms with van der Waals surface area (Å²) in [5, 5.41) is 5.26. The van der Waals surface area contributed by atoms with Crippen molar-refractivity contribution in [1.29, 1.82) is 0 Å². The Morgan fingerprint density at radius 1 is 0.889 bits per heavy atom. The number of amides is 2. The number of carbonyl (C=O) groups excluding carboxylic acids is 2. The summed E-state index contributed by atoms with van der Waals surface area (Å²) in [6.45, 7) is 2.65. The van der Waals surface area contributed by atoms with Gasteiger partial charge in [-0.1, -0.05) is 48.0 Å². The van der Waals surface area contributed by atoms with Crippen molar-refractivity contribution in [1.82, 2.24) is 4.90 Å². The lowest BCUT2D eigenvalue weighted by molar-refractivity contribution is 0.0717. The molecule has 1 fully saturated rings. The Kier molecular flexibility index (Phi) is 5.87. The van der Waals surface area contributed by atoms with Crippen molar-refractivity contribution in [2.45, 2.75) is 0 Å². The van der Waals surface area contributed by atoms with Gasteiger partial charge in [0.25, 0.3) is 11.8 Å². The molecule has 6 nitrogen and oxygen atoms in total. The van der Waals surface area contributed by atoms with Gasteiger partial charge in [-0.05, 0) is 42.5 Å². The number of thiophene rings is 1. The van der Waals surface area contributed by atoms with Gasteiger partial charge >= 0.3 is 0 Å². The standard InChI is InChI=1S/C28H22ClN3O3S/c29-25-21-6-2-4-8-24(21)36-26(25)27(33)30-19-9-11-20(12-10-19)31-13-15-32(16-14-31)28(34)23-17-18-5-1-3-7-22(18)35-23/h1-12,17H,13-16H2,(H,30,33). The summed E-state index contributed by atoms with van der Waals surface area (Å²) in [6.07, 6.45) is 0. The van der Waals surface area contributed by atoms with Gasteiger partial charge in [0.2, 0.25) is 0 Å². The third-order valence-corrected chi connectivity index (χ3v) is 8.11. The van der Waals surface area contributed by atoms with Crippen LogP contribution in [0.2, 0.25) is 5.02 Å². The van der Waals surface area contributed by atoms with E-state index in [2.05, 4.69) is 10.2 Å². The Hall–Kier alpha value is -3.81. The van der Waals surface area contributed by atoms with Crippen molar-refractivity contribution in [2.75, 3.05) is 36.4 Å². The molecule has 3 aromatic carbocycles. The van der Waals surface area contributed by atoms with Crippen LogP contribution in [0.3, 0.4) is 0 Å². The molecule has 0 aliphatic carbocycles. The molecule has 2 aromatic heterocycles. The molecular formula is C28H22ClN3O3S. The number of carbonyl (C=O) groups is 2. The van der Waals surface area contributed by atoms with E-state index in [9.17, 15) is 9.59 Å². The summed E-state index contributed by atoms with van der Waals surface area (Å²) in [7, 11) is 0. The second-order valence-electron chi connectivity index (χ2n) is 8.67. The number of fused-ring (bicyclic) bond motifs is 2. The molecule has 180 valence electrons. The topological polar surface area (TPSA) is 65.8 Å².